The summed E-state index contributed by atoms with van der Waals surface area (Å²) in [7, 11) is 0. The Morgan fingerprint density at radius 3 is 2.21 bits per heavy atom. The fraction of sp³-hybridized carbons (Fsp3) is 0.222. The lowest BCUT2D eigenvalue weighted by molar-refractivity contribution is -0.261. The van der Waals surface area contributed by atoms with E-state index in [0.717, 1.165) is 41.5 Å². The van der Waals surface area contributed by atoms with Gasteiger partial charge >= 0.3 is 12.3 Å². The van der Waals surface area contributed by atoms with Crippen molar-refractivity contribution in [2.45, 2.75) is 30.7 Å². The third-order valence-electron chi connectivity index (χ3n) is 6.67. The molecule has 1 atom stereocenters. The molecule has 38 heavy (non-hydrogen) atoms. The first-order chi connectivity index (χ1) is 18.1. The number of amides is 3. The molecule has 3 amide bonds. The lowest BCUT2D eigenvalue weighted by Gasteiger charge is -2.39. The van der Waals surface area contributed by atoms with Gasteiger partial charge in [0.05, 0.1) is 12.2 Å². The van der Waals surface area contributed by atoms with Crippen LogP contribution in [0.2, 0.25) is 0 Å². The van der Waals surface area contributed by atoms with Crippen molar-refractivity contribution in [3.8, 4) is 0 Å². The minimum absolute atomic E-state index is 0.0714. The molecular weight excluding hydrogens is 506 g/mol. The van der Waals surface area contributed by atoms with E-state index in [1.807, 2.05) is 24.3 Å². The van der Waals surface area contributed by atoms with Crippen LogP contribution in [0.5, 0.6) is 0 Å². The predicted octanol–water partition coefficient (Wildman–Crippen LogP) is 4.47. The molecular formula is C27H21F4N3O4. The number of carbonyl (C=O) groups is 3. The fourth-order valence-electron chi connectivity index (χ4n) is 4.76. The molecule has 7 nitrogen and oxygen atoms in total. The van der Waals surface area contributed by atoms with E-state index in [1.165, 1.54) is 12.1 Å². The molecule has 1 heterocycles. The van der Waals surface area contributed by atoms with E-state index in [1.54, 1.807) is 0 Å². The number of carbonyl (C=O) groups excluding carboxylic acids is 3. The SMILES string of the molecule is O=C1Nc2ccc(C(=O)NC3Cc4ccccc4C3)cc2C(CNC(=O)c2ccc(F)cc2)(C(F)(F)F)O1. The second-order valence-corrected chi connectivity index (χ2v) is 9.14. The molecule has 0 fully saturated rings. The van der Waals surface area contributed by atoms with Gasteiger partial charge in [0.25, 0.3) is 17.4 Å². The summed E-state index contributed by atoms with van der Waals surface area (Å²) in [5.41, 5.74) is -2.00. The van der Waals surface area contributed by atoms with Crippen LogP contribution in [0.1, 0.15) is 37.4 Å². The molecule has 3 aromatic rings. The maximum absolute atomic E-state index is 14.6. The van der Waals surface area contributed by atoms with Crippen LogP contribution in [0.15, 0.2) is 66.7 Å². The van der Waals surface area contributed by atoms with Gasteiger partial charge < -0.3 is 15.4 Å². The number of hydrogen-bond donors (Lipinski definition) is 3. The molecule has 0 saturated heterocycles. The summed E-state index contributed by atoms with van der Waals surface area (Å²) in [6.07, 6.45) is -5.36. The van der Waals surface area contributed by atoms with Gasteiger partial charge in [-0.25, -0.2) is 9.18 Å². The summed E-state index contributed by atoms with van der Waals surface area (Å²) in [5.74, 6) is -2.14. The molecule has 11 heteroatoms. The predicted molar refractivity (Wildman–Crippen MR) is 128 cm³/mol. The zero-order valence-corrected chi connectivity index (χ0v) is 19.7. The summed E-state index contributed by atoms with van der Waals surface area (Å²) in [5, 5.41) is 7.20. The highest BCUT2D eigenvalue weighted by Gasteiger charge is 2.62. The minimum atomic E-state index is -5.17. The minimum Gasteiger partial charge on any atom is -0.426 e. The third kappa shape index (κ3) is 4.67. The molecule has 1 aliphatic heterocycles. The van der Waals surface area contributed by atoms with E-state index in [-0.39, 0.29) is 22.9 Å². The van der Waals surface area contributed by atoms with Crippen molar-refractivity contribution in [1.82, 2.24) is 10.6 Å². The molecule has 1 unspecified atom stereocenters. The highest BCUT2D eigenvalue weighted by Crippen LogP contribution is 2.47. The van der Waals surface area contributed by atoms with Crippen molar-refractivity contribution < 1.29 is 36.7 Å². The average Bonchev–Trinajstić information content (AvgIpc) is 3.28. The molecule has 3 aromatic carbocycles. The summed E-state index contributed by atoms with van der Waals surface area (Å²) in [4.78, 5) is 37.7. The smallest absolute Gasteiger partial charge is 0.426 e. The average molecular weight is 527 g/mol. The second-order valence-electron chi connectivity index (χ2n) is 9.14. The van der Waals surface area contributed by atoms with Crippen LogP contribution in [0, 0.1) is 5.82 Å². The van der Waals surface area contributed by atoms with Crippen molar-refractivity contribution in [2.24, 2.45) is 0 Å². The first kappa shape index (κ1) is 25.2. The van der Waals surface area contributed by atoms with E-state index in [9.17, 15) is 31.9 Å². The van der Waals surface area contributed by atoms with E-state index < -0.39 is 47.6 Å². The van der Waals surface area contributed by atoms with Crippen molar-refractivity contribution in [2.75, 3.05) is 11.9 Å². The zero-order chi connectivity index (χ0) is 27.1. The van der Waals surface area contributed by atoms with Crippen molar-refractivity contribution in [3.63, 3.8) is 0 Å². The molecule has 0 aromatic heterocycles. The molecule has 0 spiro atoms. The van der Waals surface area contributed by atoms with Gasteiger partial charge in [0.15, 0.2) is 0 Å². The highest BCUT2D eigenvalue weighted by molar-refractivity contribution is 5.97. The summed E-state index contributed by atoms with van der Waals surface area (Å²) in [6.45, 7) is -1.17. The molecule has 196 valence electrons. The van der Waals surface area contributed by atoms with Gasteiger partial charge in [0.2, 0.25) is 0 Å². The van der Waals surface area contributed by atoms with E-state index in [4.69, 9.17) is 4.74 Å². The molecule has 0 saturated carbocycles. The third-order valence-corrected chi connectivity index (χ3v) is 6.67. The Bertz CT molecular complexity index is 1400. The molecule has 3 N–H and O–H groups in total. The Kier molecular flexibility index (Phi) is 6.29. The number of ether oxygens (including phenoxy) is 1. The zero-order valence-electron chi connectivity index (χ0n) is 19.7. The van der Waals surface area contributed by atoms with Crippen LogP contribution < -0.4 is 16.0 Å². The van der Waals surface area contributed by atoms with Crippen molar-refractivity contribution >= 4 is 23.6 Å². The van der Waals surface area contributed by atoms with Gasteiger partial charge in [0, 0.05) is 22.7 Å². The second kappa shape index (κ2) is 9.47. The number of fused-ring (bicyclic) bond motifs is 2. The maximum atomic E-state index is 14.6. The largest absolute Gasteiger partial charge is 0.434 e. The normalized spacial score (nSPS) is 18.6. The molecule has 0 bridgehead atoms. The fourth-order valence-corrected chi connectivity index (χ4v) is 4.76. The van der Waals surface area contributed by atoms with Crippen LogP contribution in [0.4, 0.5) is 28.0 Å². The Morgan fingerprint density at radius 1 is 0.947 bits per heavy atom. The standard InChI is InChI=1S/C27H21F4N3O4/c28-19-8-5-15(6-9-19)23(35)32-14-26(27(29,30)31)21-13-18(7-10-22(21)34-25(37)38-26)24(36)33-20-11-16-3-1-2-4-17(16)12-20/h1-10,13,20H,11-12,14H2,(H,32,35)(H,33,36)(H,34,37). The van der Waals surface area contributed by atoms with Crippen molar-refractivity contribution in [3.05, 3.63) is 100 Å². The topological polar surface area (TPSA) is 96.5 Å². The number of rotatable bonds is 5. The lowest BCUT2D eigenvalue weighted by Crippen LogP contribution is -2.56. The first-order valence-corrected chi connectivity index (χ1v) is 11.7. The van der Waals surface area contributed by atoms with E-state index >= 15 is 0 Å². The Labute approximate surface area is 214 Å². The van der Waals surface area contributed by atoms with E-state index in [0.29, 0.717) is 12.8 Å². The monoisotopic (exact) mass is 527 g/mol. The van der Waals surface area contributed by atoms with Gasteiger partial charge in [-0.2, -0.15) is 13.2 Å². The number of cyclic esters (lactones) is 1. The van der Waals surface area contributed by atoms with Crippen LogP contribution in [-0.4, -0.2) is 36.7 Å². The highest BCUT2D eigenvalue weighted by atomic mass is 19.4. The Hall–Kier alpha value is -4.41. The van der Waals surface area contributed by atoms with Gasteiger partial charge in [-0.3, -0.25) is 14.9 Å². The maximum Gasteiger partial charge on any atom is 0.434 e. The number of hydrogen-bond acceptors (Lipinski definition) is 4. The molecule has 5 rings (SSSR count). The quantitative estimate of drug-likeness (QED) is 0.427. The Balaban J connectivity index is 1.42. The van der Waals surface area contributed by atoms with Gasteiger partial charge in [-0.05, 0) is 66.4 Å². The number of halogens is 4. The Morgan fingerprint density at radius 2 is 1.58 bits per heavy atom. The van der Waals surface area contributed by atoms with Gasteiger partial charge in [-0.15, -0.1) is 0 Å². The van der Waals surface area contributed by atoms with Crippen LogP contribution in [0.3, 0.4) is 0 Å². The van der Waals surface area contributed by atoms with Crippen LogP contribution >= 0.6 is 0 Å². The number of nitrogens with one attached hydrogen (secondary N) is 3. The molecule has 2 aliphatic rings. The molecule has 1 aliphatic carbocycles. The summed E-state index contributed by atoms with van der Waals surface area (Å²) in [6, 6.07) is 15.2. The number of alkyl halides is 3. The van der Waals surface area contributed by atoms with Crippen LogP contribution in [-0.2, 0) is 23.2 Å². The number of benzene rings is 3. The summed E-state index contributed by atoms with van der Waals surface area (Å²) < 4.78 is 61.7. The van der Waals surface area contributed by atoms with E-state index in [2.05, 4.69) is 16.0 Å². The first-order valence-electron chi connectivity index (χ1n) is 11.7. The molecule has 0 radical (unpaired) electrons. The lowest BCUT2D eigenvalue weighted by atomic mass is 9.88. The number of anilines is 1. The van der Waals surface area contributed by atoms with Crippen LogP contribution in [0.25, 0.3) is 0 Å². The van der Waals surface area contributed by atoms with Crippen molar-refractivity contribution in [1.29, 1.82) is 0 Å². The van der Waals surface area contributed by atoms with Gasteiger partial charge in [-0.1, -0.05) is 24.3 Å². The van der Waals surface area contributed by atoms with Gasteiger partial charge in [0.1, 0.15) is 5.82 Å². The summed E-state index contributed by atoms with van der Waals surface area (Å²) >= 11 is 0.